The van der Waals surface area contributed by atoms with Gasteiger partial charge in [-0.2, -0.15) is 0 Å². The lowest BCUT2D eigenvalue weighted by molar-refractivity contribution is 0.0679. The van der Waals surface area contributed by atoms with Gasteiger partial charge in [-0.25, -0.2) is 0 Å². The normalized spacial score (nSPS) is 30.5. The van der Waals surface area contributed by atoms with E-state index in [1.165, 1.54) is 49.3 Å². The van der Waals surface area contributed by atoms with Crippen LogP contribution in [0.3, 0.4) is 0 Å². The topological polar surface area (TPSA) is 28.2 Å². The highest BCUT2D eigenvalue weighted by Gasteiger charge is 2.34. The highest BCUT2D eigenvalue weighted by atomic mass is 15.2. The molecule has 0 radical (unpaired) electrons. The smallest absolute Gasteiger partial charge is 0.0426 e. The van der Waals surface area contributed by atoms with Crippen molar-refractivity contribution in [2.75, 3.05) is 19.6 Å². The fraction of sp³-hybridized carbons (Fsp3) is 0.706. The molecule has 2 unspecified atom stereocenters. The van der Waals surface area contributed by atoms with E-state index in [9.17, 15) is 0 Å². The Labute approximate surface area is 122 Å². The number of aromatic nitrogens is 1. The molecule has 1 aromatic heterocycles. The lowest BCUT2D eigenvalue weighted by Gasteiger charge is -2.46. The molecule has 0 aromatic carbocycles. The molecule has 20 heavy (non-hydrogen) atoms. The van der Waals surface area contributed by atoms with Crippen molar-refractivity contribution in [3.05, 3.63) is 28.6 Å². The number of hydrogen-bond donors (Lipinski definition) is 1. The van der Waals surface area contributed by atoms with Gasteiger partial charge in [-0.3, -0.25) is 4.98 Å². The molecular weight excluding hydrogens is 246 g/mol. The van der Waals surface area contributed by atoms with Crippen LogP contribution >= 0.6 is 0 Å². The van der Waals surface area contributed by atoms with Crippen LogP contribution in [0.2, 0.25) is 0 Å². The van der Waals surface area contributed by atoms with Gasteiger partial charge < -0.3 is 10.2 Å². The van der Waals surface area contributed by atoms with Crippen molar-refractivity contribution in [2.24, 2.45) is 5.92 Å². The van der Waals surface area contributed by atoms with E-state index in [-0.39, 0.29) is 0 Å². The SMILES string of the molecule is Cc1cc(C)c(C(C)NC2CN3CCC2CC3)c(C)n1. The van der Waals surface area contributed by atoms with Gasteiger partial charge in [-0.15, -0.1) is 0 Å². The van der Waals surface area contributed by atoms with Gasteiger partial charge >= 0.3 is 0 Å². The standard InChI is InChI=1S/C17H27N3/c1-11-9-12(2)18-13(3)17(11)14(4)19-16-10-20-7-5-15(16)6-8-20/h9,14-16,19H,5-8,10H2,1-4H3. The molecule has 3 aliphatic heterocycles. The minimum absolute atomic E-state index is 0.397. The number of piperidine rings is 3. The molecular formula is C17H27N3. The van der Waals surface area contributed by atoms with E-state index in [1.54, 1.807) is 0 Å². The summed E-state index contributed by atoms with van der Waals surface area (Å²) in [5.41, 5.74) is 5.07. The van der Waals surface area contributed by atoms with Crippen molar-refractivity contribution < 1.29 is 0 Å². The van der Waals surface area contributed by atoms with E-state index in [1.807, 2.05) is 0 Å². The fourth-order valence-corrected chi connectivity index (χ4v) is 4.25. The van der Waals surface area contributed by atoms with E-state index in [0.717, 1.165) is 11.6 Å². The van der Waals surface area contributed by atoms with Crippen LogP contribution in [-0.2, 0) is 0 Å². The molecule has 1 aromatic rings. The lowest BCUT2D eigenvalue weighted by Crippen LogP contribution is -2.56. The zero-order valence-electron chi connectivity index (χ0n) is 13.2. The summed E-state index contributed by atoms with van der Waals surface area (Å²) in [5.74, 6) is 0.876. The van der Waals surface area contributed by atoms with Crippen LogP contribution in [-0.4, -0.2) is 35.6 Å². The zero-order valence-corrected chi connectivity index (χ0v) is 13.2. The lowest BCUT2D eigenvalue weighted by atomic mass is 9.83. The van der Waals surface area contributed by atoms with Crippen LogP contribution in [0.15, 0.2) is 6.07 Å². The molecule has 3 aliphatic rings. The molecule has 2 atom stereocenters. The fourth-order valence-electron chi connectivity index (χ4n) is 4.25. The highest BCUT2D eigenvalue weighted by Crippen LogP contribution is 2.30. The molecule has 1 N–H and O–H groups in total. The summed E-state index contributed by atoms with van der Waals surface area (Å²) in [6.45, 7) is 12.6. The minimum atomic E-state index is 0.397. The summed E-state index contributed by atoms with van der Waals surface area (Å²) in [7, 11) is 0. The van der Waals surface area contributed by atoms with E-state index in [0.29, 0.717) is 12.1 Å². The summed E-state index contributed by atoms with van der Waals surface area (Å²) >= 11 is 0. The first-order chi connectivity index (χ1) is 9.54. The highest BCUT2D eigenvalue weighted by molar-refractivity contribution is 5.33. The van der Waals surface area contributed by atoms with Crippen LogP contribution in [0, 0.1) is 26.7 Å². The molecule has 3 heteroatoms. The predicted molar refractivity (Wildman–Crippen MR) is 83.0 cm³/mol. The third-order valence-corrected chi connectivity index (χ3v) is 5.14. The Morgan fingerprint density at radius 2 is 1.95 bits per heavy atom. The maximum Gasteiger partial charge on any atom is 0.0426 e. The minimum Gasteiger partial charge on any atom is -0.306 e. The molecule has 3 fully saturated rings. The first-order valence-electron chi connectivity index (χ1n) is 7.97. The maximum absolute atomic E-state index is 4.65. The van der Waals surface area contributed by atoms with Gasteiger partial charge in [0.1, 0.15) is 0 Å². The van der Waals surface area contributed by atoms with Gasteiger partial charge in [-0.05, 0) is 76.7 Å². The molecule has 0 aliphatic carbocycles. The number of pyridine rings is 1. The van der Waals surface area contributed by atoms with Crippen molar-refractivity contribution in [1.29, 1.82) is 0 Å². The van der Waals surface area contributed by atoms with E-state index >= 15 is 0 Å². The monoisotopic (exact) mass is 273 g/mol. The van der Waals surface area contributed by atoms with Gasteiger partial charge in [0, 0.05) is 30.0 Å². The number of hydrogen-bond acceptors (Lipinski definition) is 3. The average Bonchev–Trinajstić information content (AvgIpc) is 2.38. The third kappa shape index (κ3) is 2.61. The second-order valence-electron chi connectivity index (χ2n) is 6.71. The first kappa shape index (κ1) is 14.0. The number of nitrogens with zero attached hydrogens (tertiary/aromatic N) is 2. The van der Waals surface area contributed by atoms with Crippen molar-refractivity contribution in [3.63, 3.8) is 0 Å². The van der Waals surface area contributed by atoms with E-state index < -0.39 is 0 Å². The van der Waals surface area contributed by atoms with Crippen molar-refractivity contribution >= 4 is 0 Å². The number of nitrogens with one attached hydrogen (secondary N) is 1. The summed E-state index contributed by atoms with van der Waals surface area (Å²) in [5, 5.41) is 3.89. The molecule has 4 rings (SSSR count). The Kier molecular flexibility index (Phi) is 3.83. The van der Waals surface area contributed by atoms with Gasteiger partial charge in [0.15, 0.2) is 0 Å². The summed E-state index contributed by atoms with van der Waals surface area (Å²) in [4.78, 5) is 7.25. The van der Waals surface area contributed by atoms with Gasteiger partial charge in [0.2, 0.25) is 0 Å². The molecule has 3 saturated heterocycles. The molecule has 4 heterocycles. The van der Waals surface area contributed by atoms with E-state index in [4.69, 9.17) is 0 Å². The van der Waals surface area contributed by atoms with Crippen LogP contribution in [0.5, 0.6) is 0 Å². The van der Waals surface area contributed by atoms with Gasteiger partial charge in [0.25, 0.3) is 0 Å². The summed E-state index contributed by atoms with van der Waals surface area (Å²) in [6.07, 6.45) is 2.74. The van der Waals surface area contributed by atoms with Gasteiger partial charge in [-0.1, -0.05) is 0 Å². The van der Waals surface area contributed by atoms with Crippen molar-refractivity contribution in [3.8, 4) is 0 Å². The second-order valence-corrected chi connectivity index (χ2v) is 6.71. The molecule has 0 amide bonds. The Morgan fingerprint density at radius 1 is 1.25 bits per heavy atom. The Morgan fingerprint density at radius 3 is 2.50 bits per heavy atom. The summed E-state index contributed by atoms with van der Waals surface area (Å²) < 4.78 is 0. The maximum atomic E-state index is 4.65. The van der Waals surface area contributed by atoms with Gasteiger partial charge in [0.05, 0.1) is 0 Å². The largest absolute Gasteiger partial charge is 0.306 e. The Balaban J connectivity index is 1.75. The molecule has 3 nitrogen and oxygen atoms in total. The van der Waals surface area contributed by atoms with Crippen molar-refractivity contribution in [1.82, 2.24) is 15.2 Å². The Bertz CT molecular complexity index is 466. The number of aryl methyl sites for hydroxylation is 3. The molecule has 0 spiro atoms. The van der Waals surface area contributed by atoms with Crippen LogP contribution < -0.4 is 5.32 Å². The molecule has 2 bridgehead atoms. The zero-order chi connectivity index (χ0) is 14.3. The third-order valence-electron chi connectivity index (χ3n) is 5.14. The van der Waals surface area contributed by atoms with Crippen LogP contribution in [0.25, 0.3) is 0 Å². The first-order valence-corrected chi connectivity index (χ1v) is 7.97. The van der Waals surface area contributed by atoms with Crippen LogP contribution in [0.4, 0.5) is 0 Å². The predicted octanol–water partition coefficient (Wildman–Crippen LogP) is 2.75. The van der Waals surface area contributed by atoms with Crippen molar-refractivity contribution in [2.45, 2.75) is 52.6 Å². The average molecular weight is 273 g/mol. The van der Waals surface area contributed by atoms with Crippen LogP contribution in [0.1, 0.15) is 48.3 Å². The number of fused-ring (bicyclic) bond motifs is 3. The second kappa shape index (κ2) is 5.45. The summed E-state index contributed by atoms with van der Waals surface area (Å²) in [6, 6.07) is 3.26. The quantitative estimate of drug-likeness (QED) is 0.918. The number of rotatable bonds is 3. The van der Waals surface area contributed by atoms with E-state index in [2.05, 4.69) is 49.0 Å². The molecule has 0 saturated carbocycles. The molecule has 110 valence electrons. The Hall–Kier alpha value is -0.930.